The standard InChI is InChI=1S/C19H23N3O2/c1-20-15(11-18(23)21(2)19(20)24)12-22(14-8-9-14)17-10-7-13-5-3-4-6-16(13)17/h3-6,11,14,17H,7-10,12H2,1-2H3/t17-/m0/s1. The number of aromatic nitrogens is 2. The summed E-state index contributed by atoms with van der Waals surface area (Å²) < 4.78 is 2.77. The molecule has 5 nitrogen and oxygen atoms in total. The van der Waals surface area contributed by atoms with Crippen molar-refractivity contribution < 1.29 is 0 Å². The topological polar surface area (TPSA) is 47.2 Å². The Morgan fingerprint density at radius 2 is 1.83 bits per heavy atom. The minimum atomic E-state index is -0.250. The van der Waals surface area contributed by atoms with Crippen molar-refractivity contribution in [1.82, 2.24) is 14.0 Å². The van der Waals surface area contributed by atoms with Gasteiger partial charge in [-0.15, -0.1) is 0 Å². The van der Waals surface area contributed by atoms with Gasteiger partial charge in [0.2, 0.25) is 0 Å². The van der Waals surface area contributed by atoms with Crippen LogP contribution in [0.4, 0.5) is 0 Å². The zero-order chi connectivity index (χ0) is 16.8. The van der Waals surface area contributed by atoms with E-state index in [-0.39, 0.29) is 11.2 Å². The maximum absolute atomic E-state index is 12.2. The molecule has 2 aromatic rings. The van der Waals surface area contributed by atoms with Crippen LogP contribution < -0.4 is 11.2 Å². The van der Waals surface area contributed by atoms with Gasteiger partial charge in [-0.3, -0.25) is 18.8 Å². The van der Waals surface area contributed by atoms with Crippen molar-refractivity contribution in [2.45, 2.75) is 44.3 Å². The normalized spacial score (nSPS) is 19.7. The Morgan fingerprint density at radius 1 is 1.08 bits per heavy atom. The highest BCUT2D eigenvalue weighted by Crippen LogP contribution is 2.42. The predicted octanol–water partition coefficient (Wildman–Crippen LogP) is 1.74. The lowest BCUT2D eigenvalue weighted by Gasteiger charge is -2.30. The van der Waals surface area contributed by atoms with Crippen LogP contribution in [0.15, 0.2) is 39.9 Å². The van der Waals surface area contributed by atoms with E-state index in [1.807, 2.05) is 0 Å². The molecule has 0 amide bonds. The molecule has 0 radical (unpaired) electrons. The van der Waals surface area contributed by atoms with Crippen molar-refractivity contribution in [2.24, 2.45) is 14.1 Å². The van der Waals surface area contributed by atoms with E-state index in [4.69, 9.17) is 0 Å². The van der Waals surface area contributed by atoms with Crippen LogP contribution >= 0.6 is 0 Å². The van der Waals surface area contributed by atoms with E-state index in [2.05, 4.69) is 29.2 Å². The van der Waals surface area contributed by atoms with E-state index < -0.39 is 0 Å². The van der Waals surface area contributed by atoms with E-state index in [1.54, 1.807) is 17.7 Å². The molecule has 1 atom stereocenters. The van der Waals surface area contributed by atoms with Gasteiger partial charge < -0.3 is 0 Å². The average Bonchev–Trinajstić information content (AvgIpc) is 3.34. The van der Waals surface area contributed by atoms with Gasteiger partial charge in [-0.2, -0.15) is 0 Å². The minimum Gasteiger partial charge on any atom is -0.299 e. The fourth-order valence-corrected chi connectivity index (χ4v) is 3.90. The first kappa shape index (κ1) is 15.4. The molecule has 24 heavy (non-hydrogen) atoms. The van der Waals surface area contributed by atoms with E-state index in [0.717, 1.165) is 23.1 Å². The second-order valence-electron chi connectivity index (χ2n) is 7.03. The largest absolute Gasteiger partial charge is 0.330 e. The summed E-state index contributed by atoms with van der Waals surface area (Å²) >= 11 is 0. The van der Waals surface area contributed by atoms with Crippen molar-refractivity contribution >= 4 is 0 Å². The van der Waals surface area contributed by atoms with Crippen molar-refractivity contribution in [3.63, 3.8) is 0 Å². The molecule has 0 bridgehead atoms. The summed E-state index contributed by atoms with van der Waals surface area (Å²) in [6.07, 6.45) is 4.64. The molecule has 1 saturated carbocycles. The molecular weight excluding hydrogens is 302 g/mol. The summed E-state index contributed by atoms with van der Waals surface area (Å²) in [6, 6.07) is 11.2. The first-order valence-corrected chi connectivity index (χ1v) is 8.65. The summed E-state index contributed by atoms with van der Waals surface area (Å²) in [5.74, 6) is 0. The Labute approximate surface area is 141 Å². The van der Waals surface area contributed by atoms with Crippen molar-refractivity contribution in [1.29, 1.82) is 0 Å². The molecule has 0 saturated heterocycles. The molecule has 0 spiro atoms. The van der Waals surface area contributed by atoms with Crippen LogP contribution in [0.5, 0.6) is 0 Å². The molecule has 0 N–H and O–H groups in total. The van der Waals surface area contributed by atoms with E-state index in [0.29, 0.717) is 18.6 Å². The lowest BCUT2D eigenvalue weighted by atomic mass is 10.1. The molecule has 1 aromatic heterocycles. The number of benzene rings is 1. The maximum Gasteiger partial charge on any atom is 0.330 e. The SMILES string of the molecule is Cn1c(CN(C2CC2)[C@H]2CCc3ccccc32)cc(=O)n(C)c1=O. The van der Waals surface area contributed by atoms with Crippen LogP contribution in [0.1, 0.15) is 42.1 Å². The molecule has 2 aliphatic rings. The first-order valence-electron chi connectivity index (χ1n) is 8.65. The molecule has 1 aromatic carbocycles. The number of hydrogen-bond acceptors (Lipinski definition) is 3. The van der Waals surface area contributed by atoms with Crippen molar-refractivity contribution in [3.05, 3.63) is 68.0 Å². The summed E-state index contributed by atoms with van der Waals surface area (Å²) in [5.41, 5.74) is 3.18. The predicted molar refractivity (Wildman–Crippen MR) is 93.0 cm³/mol. The third kappa shape index (κ3) is 2.53. The number of rotatable bonds is 4. The smallest absolute Gasteiger partial charge is 0.299 e. The molecule has 2 aliphatic carbocycles. The van der Waals surface area contributed by atoms with Crippen LogP contribution in [0.25, 0.3) is 0 Å². The highest BCUT2D eigenvalue weighted by molar-refractivity contribution is 5.34. The monoisotopic (exact) mass is 325 g/mol. The maximum atomic E-state index is 12.2. The summed E-state index contributed by atoms with van der Waals surface area (Å²) in [6.45, 7) is 0.658. The molecule has 1 fully saturated rings. The minimum absolute atomic E-state index is 0.226. The van der Waals surface area contributed by atoms with Gasteiger partial charge >= 0.3 is 5.69 Å². The third-order valence-corrected chi connectivity index (χ3v) is 5.49. The van der Waals surface area contributed by atoms with Gasteiger partial charge in [0, 0.05) is 44.5 Å². The number of aryl methyl sites for hydroxylation is 1. The van der Waals surface area contributed by atoms with Crippen LogP contribution in [-0.2, 0) is 27.1 Å². The fourth-order valence-electron chi connectivity index (χ4n) is 3.90. The highest BCUT2D eigenvalue weighted by atomic mass is 16.2. The molecule has 0 aliphatic heterocycles. The quantitative estimate of drug-likeness (QED) is 0.860. The lowest BCUT2D eigenvalue weighted by molar-refractivity contribution is 0.172. The number of fused-ring (bicyclic) bond motifs is 1. The molecule has 5 heteroatoms. The van der Waals surface area contributed by atoms with Crippen molar-refractivity contribution in [3.8, 4) is 0 Å². The van der Waals surface area contributed by atoms with Gasteiger partial charge in [-0.05, 0) is 36.8 Å². The first-order chi connectivity index (χ1) is 11.6. The van der Waals surface area contributed by atoms with Crippen LogP contribution in [-0.4, -0.2) is 20.1 Å². The molecular formula is C19H23N3O2. The Morgan fingerprint density at radius 3 is 2.58 bits per heavy atom. The van der Waals surface area contributed by atoms with Crippen LogP contribution in [0.3, 0.4) is 0 Å². The second kappa shape index (κ2) is 5.74. The number of hydrogen-bond donors (Lipinski definition) is 0. The third-order valence-electron chi connectivity index (χ3n) is 5.49. The van der Waals surface area contributed by atoms with Gasteiger partial charge in [0.25, 0.3) is 5.56 Å². The van der Waals surface area contributed by atoms with Gasteiger partial charge in [0.1, 0.15) is 0 Å². The Bertz CT molecular complexity index is 892. The van der Waals surface area contributed by atoms with Gasteiger partial charge in [-0.1, -0.05) is 24.3 Å². The van der Waals surface area contributed by atoms with Crippen LogP contribution in [0.2, 0.25) is 0 Å². The lowest BCUT2D eigenvalue weighted by Crippen LogP contribution is -2.40. The zero-order valence-corrected chi connectivity index (χ0v) is 14.2. The zero-order valence-electron chi connectivity index (χ0n) is 14.2. The van der Waals surface area contributed by atoms with Gasteiger partial charge in [0.05, 0.1) is 0 Å². The summed E-state index contributed by atoms with van der Waals surface area (Å²) in [5, 5.41) is 0. The summed E-state index contributed by atoms with van der Waals surface area (Å²) in [7, 11) is 3.28. The Balaban J connectivity index is 1.70. The average molecular weight is 325 g/mol. The second-order valence-corrected chi connectivity index (χ2v) is 7.03. The van der Waals surface area contributed by atoms with Crippen LogP contribution in [0, 0.1) is 0 Å². The fraction of sp³-hybridized carbons (Fsp3) is 0.474. The molecule has 1 heterocycles. The van der Waals surface area contributed by atoms with Gasteiger partial charge in [0.15, 0.2) is 0 Å². The van der Waals surface area contributed by atoms with E-state index in [9.17, 15) is 9.59 Å². The molecule has 4 rings (SSSR count). The highest BCUT2D eigenvalue weighted by Gasteiger charge is 2.37. The molecule has 126 valence electrons. The van der Waals surface area contributed by atoms with E-state index in [1.165, 1.54) is 31.0 Å². The molecule has 0 unspecified atom stereocenters. The Hall–Kier alpha value is -2.14. The van der Waals surface area contributed by atoms with Crippen molar-refractivity contribution in [2.75, 3.05) is 0 Å². The van der Waals surface area contributed by atoms with E-state index >= 15 is 0 Å². The Kier molecular flexibility index (Phi) is 3.68. The number of nitrogens with zero attached hydrogens (tertiary/aromatic N) is 3. The van der Waals surface area contributed by atoms with Gasteiger partial charge in [-0.25, -0.2) is 4.79 Å². The summed E-state index contributed by atoms with van der Waals surface area (Å²) in [4.78, 5) is 26.7.